The van der Waals surface area contributed by atoms with Crippen molar-refractivity contribution in [3.8, 4) is 11.5 Å². The molecule has 4 aromatic carbocycles. The zero-order valence-corrected chi connectivity index (χ0v) is 23.1. The number of esters is 2. The van der Waals surface area contributed by atoms with Crippen LogP contribution in [0.4, 0.5) is 0 Å². The Bertz CT molecular complexity index is 1500. The molecule has 5 heteroatoms. The second-order valence-corrected chi connectivity index (χ2v) is 11.2. The molecule has 5 nitrogen and oxygen atoms in total. The standard InChI is InChI=1S/C34H35NO4/c1-23-7-11-25(12-8-23)32(36)38-30-18-15-27-21-28(34(3,4)22-35-19-5-6-20-35)16-17-29(27)31(30)39-33(37)26-13-9-24(2)10-14-26/h7-18,21H,5-6,19-20,22H2,1-4H3. The van der Waals surface area contributed by atoms with E-state index < -0.39 is 11.9 Å². The minimum absolute atomic E-state index is 0.0478. The van der Waals surface area contributed by atoms with E-state index in [-0.39, 0.29) is 16.9 Å². The van der Waals surface area contributed by atoms with Crippen molar-refractivity contribution in [1.29, 1.82) is 0 Å². The van der Waals surface area contributed by atoms with Crippen LogP contribution in [0.5, 0.6) is 11.5 Å². The van der Waals surface area contributed by atoms with Crippen molar-refractivity contribution in [2.75, 3.05) is 19.6 Å². The van der Waals surface area contributed by atoms with Crippen molar-refractivity contribution < 1.29 is 19.1 Å². The van der Waals surface area contributed by atoms with Crippen molar-refractivity contribution in [2.45, 2.75) is 46.0 Å². The number of ether oxygens (including phenoxy) is 2. The van der Waals surface area contributed by atoms with Gasteiger partial charge in [-0.05, 0) is 81.1 Å². The van der Waals surface area contributed by atoms with Crippen molar-refractivity contribution in [3.05, 3.63) is 107 Å². The molecule has 0 radical (unpaired) electrons. The average molecular weight is 522 g/mol. The van der Waals surface area contributed by atoms with Crippen LogP contribution in [-0.4, -0.2) is 36.5 Å². The molecule has 0 bridgehead atoms. The van der Waals surface area contributed by atoms with Crippen LogP contribution in [0, 0.1) is 13.8 Å². The lowest BCUT2D eigenvalue weighted by Crippen LogP contribution is -2.35. The summed E-state index contributed by atoms with van der Waals surface area (Å²) in [5.41, 5.74) is 4.12. The fourth-order valence-electron chi connectivity index (χ4n) is 5.17. The Balaban J connectivity index is 1.51. The van der Waals surface area contributed by atoms with E-state index in [1.807, 2.05) is 50.2 Å². The SMILES string of the molecule is Cc1ccc(C(=O)Oc2ccc3cc(C(C)(C)CN4CCCC4)ccc3c2OC(=O)c2ccc(C)cc2)cc1. The Kier molecular flexibility index (Phi) is 7.53. The number of carbonyl (C=O) groups excluding carboxylic acids is 2. The van der Waals surface area contributed by atoms with Gasteiger partial charge < -0.3 is 14.4 Å². The van der Waals surface area contributed by atoms with Crippen molar-refractivity contribution in [1.82, 2.24) is 4.90 Å². The van der Waals surface area contributed by atoms with Gasteiger partial charge in [-0.25, -0.2) is 9.59 Å². The molecule has 4 aromatic rings. The molecule has 0 N–H and O–H groups in total. The van der Waals surface area contributed by atoms with Gasteiger partial charge in [0.25, 0.3) is 0 Å². The van der Waals surface area contributed by atoms with Gasteiger partial charge in [0.15, 0.2) is 11.5 Å². The molecule has 1 fully saturated rings. The number of likely N-dealkylation sites (tertiary alicyclic amines) is 1. The number of carbonyl (C=O) groups is 2. The van der Waals surface area contributed by atoms with Gasteiger partial charge in [0.2, 0.25) is 0 Å². The summed E-state index contributed by atoms with van der Waals surface area (Å²) < 4.78 is 11.7. The Morgan fingerprint density at radius 3 is 1.90 bits per heavy atom. The topological polar surface area (TPSA) is 55.8 Å². The van der Waals surface area contributed by atoms with E-state index in [0.29, 0.717) is 16.5 Å². The predicted octanol–water partition coefficient (Wildman–Crippen LogP) is 7.27. The Labute approximate surface area is 230 Å². The zero-order chi connectivity index (χ0) is 27.6. The summed E-state index contributed by atoms with van der Waals surface area (Å²) in [7, 11) is 0. The predicted molar refractivity (Wildman–Crippen MR) is 155 cm³/mol. The molecule has 0 aliphatic carbocycles. The van der Waals surface area contributed by atoms with Gasteiger partial charge in [0.05, 0.1) is 11.1 Å². The van der Waals surface area contributed by atoms with Crippen LogP contribution in [0.2, 0.25) is 0 Å². The third-order valence-electron chi connectivity index (χ3n) is 7.51. The molecule has 39 heavy (non-hydrogen) atoms. The van der Waals surface area contributed by atoms with Gasteiger partial charge in [-0.1, -0.05) is 73.5 Å². The summed E-state index contributed by atoms with van der Waals surface area (Å²) in [4.78, 5) is 28.7. The number of nitrogens with zero attached hydrogens (tertiary/aromatic N) is 1. The molecule has 0 spiro atoms. The van der Waals surface area contributed by atoms with Crippen molar-refractivity contribution in [2.24, 2.45) is 0 Å². The fourth-order valence-corrected chi connectivity index (χ4v) is 5.17. The van der Waals surface area contributed by atoms with Gasteiger partial charge >= 0.3 is 11.9 Å². The summed E-state index contributed by atoms with van der Waals surface area (Å²) in [5.74, 6) is -0.570. The lowest BCUT2D eigenvalue weighted by atomic mass is 9.83. The lowest BCUT2D eigenvalue weighted by molar-refractivity contribution is 0.0684. The smallest absolute Gasteiger partial charge is 0.343 e. The van der Waals surface area contributed by atoms with Crippen LogP contribution in [0.1, 0.15) is 64.1 Å². The first-order valence-corrected chi connectivity index (χ1v) is 13.6. The molecule has 1 heterocycles. The highest BCUT2D eigenvalue weighted by Gasteiger charge is 2.27. The van der Waals surface area contributed by atoms with E-state index >= 15 is 0 Å². The van der Waals surface area contributed by atoms with E-state index in [1.54, 1.807) is 30.3 Å². The van der Waals surface area contributed by atoms with E-state index in [9.17, 15) is 9.59 Å². The highest BCUT2D eigenvalue weighted by molar-refractivity contribution is 5.99. The molecule has 1 aliphatic heterocycles. The second kappa shape index (κ2) is 11.0. The molecule has 0 saturated carbocycles. The first-order chi connectivity index (χ1) is 18.7. The molecular formula is C34H35NO4. The maximum Gasteiger partial charge on any atom is 0.343 e. The third-order valence-corrected chi connectivity index (χ3v) is 7.51. The summed E-state index contributed by atoms with van der Waals surface area (Å²) in [6, 6.07) is 24.2. The van der Waals surface area contributed by atoms with Crippen LogP contribution < -0.4 is 9.47 Å². The Morgan fingerprint density at radius 1 is 0.744 bits per heavy atom. The van der Waals surface area contributed by atoms with Crippen LogP contribution in [0.3, 0.4) is 0 Å². The normalized spacial score (nSPS) is 13.9. The highest BCUT2D eigenvalue weighted by Crippen LogP contribution is 2.39. The molecule has 0 amide bonds. The number of rotatable bonds is 7. The maximum atomic E-state index is 13.2. The first kappa shape index (κ1) is 26.6. The third kappa shape index (κ3) is 6.04. The van der Waals surface area contributed by atoms with Crippen LogP contribution in [0.15, 0.2) is 78.9 Å². The van der Waals surface area contributed by atoms with Gasteiger partial charge in [0.1, 0.15) is 0 Å². The molecule has 5 rings (SSSR count). The van der Waals surface area contributed by atoms with Gasteiger partial charge in [-0.3, -0.25) is 0 Å². The van der Waals surface area contributed by atoms with Crippen LogP contribution in [0.25, 0.3) is 10.8 Å². The quantitative estimate of drug-likeness (QED) is 0.189. The van der Waals surface area contributed by atoms with Crippen molar-refractivity contribution >= 4 is 22.7 Å². The highest BCUT2D eigenvalue weighted by atomic mass is 16.6. The monoisotopic (exact) mass is 521 g/mol. The van der Waals surface area contributed by atoms with E-state index in [0.717, 1.165) is 36.1 Å². The minimum atomic E-state index is -0.509. The molecule has 0 unspecified atom stereocenters. The van der Waals surface area contributed by atoms with Gasteiger partial charge in [0, 0.05) is 17.3 Å². The van der Waals surface area contributed by atoms with Gasteiger partial charge in [-0.15, -0.1) is 0 Å². The summed E-state index contributed by atoms with van der Waals surface area (Å²) in [6.45, 7) is 11.7. The molecule has 200 valence electrons. The summed E-state index contributed by atoms with van der Waals surface area (Å²) in [5, 5.41) is 1.63. The number of aryl methyl sites for hydroxylation is 2. The molecule has 1 saturated heterocycles. The lowest BCUT2D eigenvalue weighted by Gasteiger charge is -2.31. The number of hydrogen-bond acceptors (Lipinski definition) is 5. The number of benzene rings is 4. The molecule has 1 aliphatic rings. The minimum Gasteiger partial charge on any atom is -0.419 e. The van der Waals surface area contributed by atoms with E-state index in [2.05, 4.69) is 30.9 Å². The summed E-state index contributed by atoms with van der Waals surface area (Å²) >= 11 is 0. The first-order valence-electron chi connectivity index (χ1n) is 13.6. The molecular weight excluding hydrogens is 486 g/mol. The molecule has 0 atom stereocenters. The van der Waals surface area contributed by atoms with Crippen molar-refractivity contribution in [3.63, 3.8) is 0 Å². The zero-order valence-electron chi connectivity index (χ0n) is 23.1. The average Bonchev–Trinajstić information content (AvgIpc) is 3.42. The van der Waals surface area contributed by atoms with Crippen LogP contribution in [-0.2, 0) is 5.41 Å². The Morgan fingerprint density at radius 2 is 1.31 bits per heavy atom. The maximum absolute atomic E-state index is 13.2. The number of hydrogen-bond donors (Lipinski definition) is 0. The Hall–Kier alpha value is -3.96. The summed E-state index contributed by atoms with van der Waals surface area (Å²) in [6.07, 6.45) is 2.52. The van der Waals surface area contributed by atoms with E-state index in [1.165, 1.54) is 18.4 Å². The van der Waals surface area contributed by atoms with Gasteiger partial charge in [-0.2, -0.15) is 0 Å². The number of fused-ring (bicyclic) bond motifs is 1. The second-order valence-electron chi connectivity index (χ2n) is 11.2. The fraction of sp³-hybridized carbons (Fsp3) is 0.294. The largest absolute Gasteiger partial charge is 0.419 e. The van der Waals surface area contributed by atoms with E-state index in [4.69, 9.17) is 9.47 Å². The van der Waals surface area contributed by atoms with Crippen LogP contribution >= 0.6 is 0 Å². The molecule has 0 aromatic heterocycles.